The maximum absolute atomic E-state index is 11.3. The zero-order chi connectivity index (χ0) is 10.4. The van der Waals surface area contributed by atoms with Crippen molar-refractivity contribution in [2.45, 2.75) is 44.9 Å². The van der Waals surface area contributed by atoms with E-state index in [2.05, 4.69) is 10.7 Å². The summed E-state index contributed by atoms with van der Waals surface area (Å²) in [5.74, 6) is 4.44. The lowest BCUT2D eigenvalue weighted by molar-refractivity contribution is -0.146. The Morgan fingerprint density at radius 3 is 2.43 bits per heavy atom. The average molecular weight is 199 g/mol. The molecule has 80 valence electrons. The van der Waals surface area contributed by atoms with E-state index in [4.69, 9.17) is 0 Å². The van der Waals surface area contributed by atoms with Crippen LogP contribution < -0.4 is 5.90 Å². The molecule has 1 aliphatic carbocycles. The normalized spacial score (nSPS) is 17.8. The quantitative estimate of drug-likeness (QED) is 0.548. The lowest BCUT2D eigenvalue weighted by Crippen LogP contribution is -2.18. The van der Waals surface area contributed by atoms with Crippen molar-refractivity contribution >= 4 is 11.8 Å². The molecule has 4 nitrogen and oxygen atoms in total. The van der Waals surface area contributed by atoms with Gasteiger partial charge in [0, 0.05) is 6.42 Å². The van der Waals surface area contributed by atoms with Gasteiger partial charge in [-0.3, -0.25) is 4.79 Å². The van der Waals surface area contributed by atoms with Gasteiger partial charge in [-0.15, -0.1) is 0 Å². The van der Waals surface area contributed by atoms with Gasteiger partial charge in [0.2, 0.25) is 0 Å². The van der Waals surface area contributed by atoms with E-state index in [1.54, 1.807) is 0 Å². The van der Waals surface area contributed by atoms with E-state index >= 15 is 0 Å². The second-order valence-electron chi connectivity index (χ2n) is 3.91. The van der Waals surface area contributed by atoms with Crippen molar-refractivity contribution in [1.82, 2.24) is 0 Å². The topological polar surface area (TPSA) is 69.4 Å². The second-order valence-corrected chi connectivity index (χ2v) is 3.91. The molecule has 0 bridgehead atoms. The molecule has 4 heteroatoms. The molecule has 0 aromatic carbocycles. The number of hydrogen-bond donors (Lipinski definition) is 1. The third kappa shape index (κ3) is 3.87. The minimum absolute atomic E-state index is 0.0487. The lowest BCUT2D eigenvalue weighted by Gasteiger charge is -2.20. The standard InChI is InChI=1S/C10H17NO3/c11-14-10(13)7-9(12)6-8-4-2-1-3-5-8/h8H,1-7,11H2. The van der Waals surface area contributed by atoms with Gasteiger partial charge >= 0.3 is 5.97 Å². The number of ketones is 1. The van der Waals surface area contributed by atoms with Gasteiger partial charge in [-0.1, -0.05) is 32.1 Å². The molecule has 1 rings (SSSR count). The first kappa shape index (κ1) is 11.2. The monoisotopic (exact) mass is 199 g/mol. The highest BCUT2D eigenvalue weighted by molar-refractivity contribution is 5.95. The molecule has 14 heavy (non-hydrogen) atoms. The van der Waals surface area contributed by atoms with Crippen molar-refractivity contribution in [1.29, 1.82) is 0 Å². The van der Waals surface area contributed by atoms with E-state index in [1.807, 2.05) is 0 Å². The van der Waals surface area contributed by atoms with Crippen molar-refractivity contribution in [3.63, 3.8) is 0 Å². The summed E-state index contributed by atoms with van der Waals surface area (Å²) < 4.78 is 0. The van der Waals surface area contributed by atoms with Crippen molar-refractivity contribution in [2.75, 3.05) is 0 Å². The first-order chi connectivity index (χ1) is 6.72. The summed E-state index contributed by atoms with van der Waals surface area (Å²) in [6.07, 6.45) is 6.25. The Labute approximate surface area is 83.7 Å². The molecule has 0 saturated heterocycles. The lowest BCUT2D eigenvalue weighted by atomic mass is 9.85. The molecular formula is C10H17NO3. The van der Waals surface area contributed by atoms with Crippen molar-refractivity contribution in [2.24, 2.45) is 11.8 Å². The van der Waals surface area contributed by atoms with Crippen LogP contribution in [0.25, 0.3) is 0 Å². The zero-order valence-corrected chi connectivity index (χ0v) is 8.33. The highest BCUT2D eigenvalue weighted by Crippen LogP contribution is 2.26. The largest absolute Gasteiger partial charge is 0.373 e. The first-order valence-electron chi connectivity index (χ1n) is 5.13. The Kier molecular flexibility index (Phi) is 4.59. The summed E-state index contributed by atoms with van der Waals surface area (Å²) in [6, 6.07) is 0. The minimum Gasteiger partial charge on any atom is -0.373 e. The number of carbonyl (C=O) groups excluding carboxylic acids is 2. The molecule has 0 aliphatic heterocycles. The summed E-state index contributed by atoms with van der Waals surface area (Å²) in [4.78, 5) is 26.0. The van der Waals surface area contributed by atoms with E-state index in [-0.39, 0.29) is 12.2 Å². The molecule has 0 aromatic rings. The Hall–Kier alpha value is -0.900. The van der Waals surface area contributed by atoms with Crippen LogP contribution in [0.2, 0.25) is 0 Å². The summed E-state index contributed by atoms with van der Waals surface area (Å²) in [5, 5.41) is 0. The molecule has 0 amide bonds. The van der Waals surface area contributed by atoms with Crippen LogP contribution in [0.4, 0.5) is 0 Å². The molecular weight excluding hydrogens is 182 g/mol. The fourth-order valence-corrected chi connectivity index (χ4v) is 1.99. The smallest absolute Gasteiger partial charge is 0.331 e. The van der Waals surface area contributed by atoms with Crippen LogP contribution in [0, 0.1) is 5.92 Å². The van der Waals surface area contributed by atoms with E-state index in [0.717, 1.165) is 12.8 Å². The van der Waals surface area contributed by atoms with Crippen LogP contribution in [0.3, 0.4) is 0 Å². The van der Waals surface area contributed by atoms with Gasteiger partial charge in [0.15, 0.2) is 0 Å². The van der Waals surface area contributed by atoms with Crippen molar-refractivity contribution in [3.05, 3.63) is 0 Å². The predicted molar refractivity (Wildman–Crippen MR) is 51.1 cm³/mol. The van der Waals surface area contributed by atoms with Crippen LogP contribution in [-0.2, 0) is 14.4 Å². The predicted octanol–water partition coefficient (Wildman–Crippen LogP) is 1.33. The molecule has 0 radical (unpaired) electrons. The van der Waals surface area contributed by atoms with Crippen LogP contribution in [-0.4, -0.2) is 11.8 Å². The van der Waals surface area contributed by atoms with Gasteiger partial charge in [0.25, 0.3) is 0 Å². The maximum atomic E-state index is 11.3. The Bertz CT molecular complexity index is 209. The van der Waals surface area contributed by atoms with Gasteiger partial charge in [-0.2, -0.15) is 5.90 Å². The third-order valence-electron chi connectivity index (χ3n) is 2.71. The minimum atomic E-state index is -0.634. The van der Waals surface area contributed by atoms with E-state index in [0.29, 0.717) is 12.3 Å². The average Bonchev–Trinajstić information content (AvgIpc) is 2.19. The summed E-state index contributed by atoms with van der Waals surface area (Å²) in [7, 11) is 0. The van der Waals surface area contributed by atoms with Crippen LogP contribution in [0.5, 0.6) is 0 Å². The van der Waals surface area contributed by atoms with Crippen molar-refractivity contribution < 1.29 is 14.4 Å². The van der Waals surface area contributed by atoms with E-state index in [1.165, 1.54) is 19.3 Å². The Morgan fingerprint density at radius 2 is 1.86 bits per heavy atom. The van der Waals surface area contributed by atoms with Gasteiger partial charge < -0.3 is 4.84 Å². The SMILES string of the molecule is NOC(=O)CC(=O)CC1CCCCC1. The third-order valence-corrected chi connectivity index (χ3v) is 2.71. The molecule has 1 aliphatic rings. The van der Waals surface area contributed by atoms with Gasteiger partial charge in [0.05, 0.1) is 0 Å². The molecule has 1 fully saturated rings. The number of nitrogens with two attached hydrogens (primary N) is 1. The summed E-state index contributed by atoms with van der Waals surface area (Å²) in [5.41, 5.74) is 0. The molecule has 0 heterocycles. The van der Waals surface area contributed by atoms with Crippen LogP contribution in [0.15, 0.2) is 0 Å². The van der Waals surface area contributed by atoms with Crippen LogP contribution in [0.1, 0.15) is 44.9 Å². The summed E-state index contributed by atoms with van der Waals surface area (Å²) >= 11 is 0. The van der Waals surface area contributed by atoms with E-state index < -0.39 is 5.97 Å². The maximum Gasteiger partial charge on any atom is 0.331 e. The highest BCUT2D eigenvalue weighted by atomic mass is 16.7. The number of hydrogen-bond acceptors (Lipinski definition) is 4. The first-order valence-corrected chi connectivity index (χ1v) is 5.13. The fourth-order valence-electron chi connectivity index (χ4n) is 1.99. The Morgan fingerprint density at radius 1 is 1.21 bits per heavy atom. The second kappa shape index (κ2) is 5.75. The molecule has 0 spiro atoms. The fraction of sp³-hybridized carbons (Fsp3) is 0.800. The molecule has 0 unspecified atom stereocenters. The van der Waals surface area contributed by atoms with Gasteiger partial charge in [0.1, 0.15) is 12.2 Å². The zero-order valence-electron chi connectivity index (χ0n) is 8.33. The number of carbonyl (C=O) groups is 2. The van der Waals surface area contributed by atoms with Crippen LogP contribution >= 0.6 is 0 Å². The van der Waals surface area contributed by atoms with E-state index in [9.17, 15) is 9.59 Å². The van der Waals surface area contributed by atoms with Gasteiger partial charge in [-0.25, -0.2) is 4.79 Å². The molecule has 0 atom stereocenters. The summed E-state index contributed by atoms with van der Waals surface area (Å²) in [6.45, 7) is 0. The van der Waals surface area contributed by atoms with Crippen molar-refractivity contribution in [3.8, 4) is 0 Å². The molecule has 1 saturated carbocycles. The number of rotatable bonds is 4. The Balaban J connectivity index is 2.21. The van der Waals surface area contributed by atoms with Gasteiger partial charge in [-0.05, 0) is 5.92 Å². The molecule has 2 N–H and O–H groups in total. The number of Topliss-reactive ketones (excluding diaryl/α,β-unsaturated/α-hetero) is 1. The molecule has 0 aromatic heterocycles. The highest BCUT2D eigenvalue weighted by Gasteiger charge is 2.18.